The van der Waals surface area contributed by atoms with E-state index in [1.807, 2.05) is 0 Å². The summed E-state index contributed by atoms with van der Waals surface area (Å²) in [4.78, 5) is 31.7. The van der Waals surface area contributed by atoms with Crippen LogP contribution in [0.2, 0.25) is 0 Å². The van der Waals surface area contributed by atoms with Crippen molar-refractivity contribution in [2.45, 2.75) is 43.2 Å². The Kier molecular flexibility index (Phi) is 5.57. The molecule has 0 aromatic heterocycles. The Labute approximate surface area is 116 Å². The molecule has 1 fully saturated rings. The highest BCUT2D eigenvalue weighted by Crippen LogP contribution is 2.23. The fourth-order valence-electron chi connectivity index (χ4n) is 1.66. The average Bonchev–Trinajstić information content (AvgIpc) is 2.37. The highest BCUT2D eigenvalue weighted by Gasteiger charge is 2.45. The van der Waals surface area contributed by atoms with Gasteiger partial charge in [-0.05, 0) is 0 Å². The van der Waals surface area contributed by atoms with Crippen LogP contribution in [0.25, 0.3) is 0 Å². The number of carbonyl (C=O) groups excluding carboxylic acids is 3. The Hall–Kier alpha value is -1.79. The minimum atomic E-state index is -2.13. The van der Waals surface area contributed by atoms with E-state index in [9.17, 15) is 45.0 Å². The maximum atomic E-state index is 10.7. The lowest BCUT2D eigenvalue weighted by Crippen LogP contribution is -2.63. The van der Waals surface area contributed by atoms with Crippen LogP contribution in [0, 0.1) is 0 Å². The van der Waals surface area contributed by atoms with Gasteiger partial charge in [0.1, 0.15) is 30.5 Å². The van der Waals surface area contributed by atoms with Crippen molar-refractivity contribution in [3.8, 4) is 0 Å². The molecule has 11 nitrogen and oxygen atoms in total. The first-order valence-corrected chi connectivity index (χ1v) is 5.61. The highest BCUT2D eigenvalue weighted by molar-refractivity contribution is 5.77. The Balaban J connectivity index is 2.86. The monoisotopic (exact) mass is 307 g/mol. The number of ether oxygens (including phenoxy) is 2. The van der Waals surface area contributed by atoms with E-state index < -0.39 is 61.1 Å². The van der Waals surface area contributed by atoms with Crippen molar-refractivity contribution in [3.05, 3.63) is 0 Å². The van der Waals surface area contributed by atoms with Crippen LogP contribution >= 0.6 is 0 Å². The minimum absolute atomic E-state index is 1.16. The number of aliphatic hydroxyl groups excluding tert-OH is 3. The molecule has 3 unspecified atom stereocenters. The predicted molar refractivity (Wildman–Crippen MR) is 51.2 cm³/mol. The first-order chi connectivity index (χ1) is 9.65. The van der Waals surface area contributed by atoms with E-state index in [2.05, 4.69) is 9.47 Å². The molecule has 1 aliphatic rings. The van der Waals surface area contributed by atoms with Gasteiger partial charge in [0.25, 0.3) is 0 Å². The van der Waals surface area contributed by atoms with Gasteiger partial charge in [-0.3, -0.25) is 0 Å². The van der Waals surface area contributed by atoms with E-state index in [0.717, 1.165) is 0 Å². The molecule has 21 heavy (non-hydrogen) atoms. The first kappa shape index (κ1) is 17.3. The third kappa shape index (κ3) is 4.09. The summed E-state index contributed by atoms with van der Waals surface area (Å²) in [6.45, 7) is 0. The summed E-state index contributed by atoms with van der Waals surface area (Å²) < 4.78 is 9.11. The second kappa shape index (κ2) is 6.78. The molecule has 0 aromatic rings. The molecule has 0 aliphatic carbocycles. The zero-order valence-corrected chi connectivity index (χ0v) is 10.3. The van der Waals surface area contributed by atoms with Gasteiger partial charge in [-0.25, -0.2) is 0 Å². The van der Waals surface area contributed by atoms with E-state index in [1.165, 1.54) is 0 Å². The maximum Gasteiger partial charge on any atom is 0.187 e. The largest absolute Gasteiger partial charge is 0.550 e. The van der Waals surface area contributed by atoms with Gasteiger partial charge in [0.05, 0.1) is 11.9 Å². The van der Waals surface area contributed by atoms with Crippen molar-refractivity contribution in [1.29, 1.82) is 0 Å². The molecule has 1 heterocycles. The topological polar surface area (TPSA) is 200 Å². The molecule has 0 saturated carbocycles. The molecule has 0 aromatic carbocycles. The number of carbonyl (C=O) groups is 3. The zero-order chi connectivity index (χ0) is 16.3. The molecule has 6 atom stereocenters. The third-order valence-corrected chi connectivity index (χ3v) is 2.72. The molecule has 3 N–H and O–H groups in total. The number of rotatable bonds is 6. The van der Waals surface area contributed by atoms with E-state index >= 15 is 0 Å². The van der Waals surface area contributed by atoms with E-state index in [4.69, 9.17) is 0 Å². The van der Waals surface area contributed by atoms with Crippen LogP contribution in [0.5, 0.6) is 0 Å². The fourth-order valence-corrected chi connectivity index (χ4v) is 1.66. The second-order valence-electron chi connectivity index (χ2n) is 4.24. The summed E-state index contributed by atoms with van der Waals surface area (Å²) in [7, 11) is 0. The standard InChI is InChI=1S/C10H14O11/c11-3(12)1-2(8(16)17)20-10-6(15)4(13)5(14)7(21-10)9(18)19/h2,4-7,10,13-15H,1H2,(H,11,12)(H,16,17)(H,18,19)/p-3/t2?,4-,5-,6?,7?,10+/m0/s1. The highest BCUT2D eigenvalue weighted by atomic mass is 16.7. The van der Waals surface area contributed by atoms with E-state index in [0.29, 0.717) is 0 Å². The number of hydrogen-bond donors (Lipinski definition) is 3. The second-order valence-corrected chi connectivity index (χ2v) is 4.24. The van der Waals surface area contributed by atoms with Gasteiger partial charge in [0.2, 0.25) is 0 Å². The van der Waals surface area contributed by atoms with Crippen molar-refractivity contribution >= 4 is 17.9 Å². The summed E-state index contributed by atoms with van der Waals surface area (Å²) in [5.41, 5.74) is 0. The van der Waals surface area contributed by atoms with Crippen LogP contribution in [0.4, 0.5) is 0 Å². The van der Waals surface area contributed by atoms with Crippen LogP contribution in [-0.4, -0.2) is 70.0 Å². The Bertz CT molecular complexity index is 421. The molecule has 0 radical (unpaired) electrons. The van der Waals surface area contributed by atoms with Crippen LogP contribution in [0.15, 0.2) is 0 Å². The molecular weight excluding hydrogens is 296 g/mol. The van der Waals surface area contributed by atoms with Crippen LogP contribution in [0.1, 0.15) is 6.42 Å². The third-order valence-electron chi connectivity index (χ3n) is 2.72. The normalized spacial score (nSPS) is 34.1. The average molecular weight is 307 g/mol. The van der Waals surface area contributed by atoms with Gasteiger partial charge < -0.3 is 54.5 Å². The molecule has 120 valence electrons. The van der Waals surface area contributed by atoms with Gasteiger partial charge >= 0.3 is 0 Å². The molecule has 0 amide bonds. The van der Waals surface area contributed by atoms with Crippen LogP contribution < -0.4 is 15.3 Å². The lowest BCUT2D eigenvalue weighted by atomic mass is 9.99. The minimum Gasteiger partial charge on any atom is -0.550 e. The van der Waals surface area contributed by atoms with Gasteiger partial charge in [0, 0.05) is 12.4 Å². The number of hydrogen-bond acceptors (Lipinski definition) is 11. The maximum absolute atomic E-state index is 10.7. The molecule has 1 aliphatic heterocycles. The van der Waals surface area contributed by atoms with Crippen molar-refractivity contribution < 1.29 is 54.5 Å². The molecule has 11 heteroatoms. The van der Waals surface area contributed by atoms with Gasteiger partial charge in [-0.1, -0.05) is 0 Å². The van der Waals surface area contributed by atoms with Crippen molar-refractivity contribution in [3.63, 3.8) is 0 Å². The SMILES string of the molecule is O=C([O-])CC(O[C@@H]1OC(C(=O)[O-])[C@@H](O)[C@H](O)C1O)C(=O)[O-]. The molecule has 1 rings (SSSR count). The summed E-state index contributed by atoms with van der Waals surface area (Å²) in [6, 6.07) is 0. The van der Waals surface area contributed by atoms with Gasteiger partial charge in [0.15, 0.2) is 6.29 Å². The molecular formula is C10H11O11-3. The first-order valence-electron chi connectivity index (χ1n) is 5.61. The van der Waals surface area contributed by atoms with Crippen molar-refractivity contribution in [2.24, 2.45) is 0 Å². The number of aliphatic carboxylic acids is 3. The molecule has 0 bridgehead atoms. The number of carboxylic acids is 3. The summed E-state index contributed by atoms with van der Waals surface area (Å²) in [5.74, 6) is -5.75. The van der Waals surface area contributed by atoms with Crippen molar-refractivity contribution in [2.75, 3.05) is 0 Å². The predicted octanol–water partition coefficient (Wildman–Crippen LogP) is -7.18. The Morgan fingerprint density at radius 1 is 1.05 bits per heavy atom. The van der Waals surface area contributed by atoms with Crippen molar-refractivity contribution in [1.82, 2.24) is 0 Å². The number of carboxylic acid groups (broad SMARTS) is 3. The summed E-state index contributed by atoms with van der Waals surface area (Å²) >= 11 is 0. The summed E-state index contributed by atoms with van der Waals surface area (Å²) in [5, 5.41) is 60.0. The number of aliphatic hydroxyl groups is 3. The van der Waals surface area contributed by atoms with E-state index in [-0.39, 0.29) is 0 Å². The lowest BCUT2D eigenvalue weighted by Gasteiger charge is -2.41. The Morgan fingerprint density at radius 2 is 1.62 bits per heavy atom. The quantitative estimate of drug-likeness (QED) is 0.421. The molecule has 0 spiro atoms. The fraction of sp³-hybridized carbons (Fsp3) is 0.700. The van der Waals surface area contributed by atoms with Crippen LogP contribution in [0.3, 0.4) is 0 Å². The molecule has 1 saturated heterocycles. The summed E-state index contributed by atoms with van der Waals surface area (Å²) in [6.07, 6.45) is -13.6. The van der Waals surface area contributed by atoms with E-state index in [1.54, 1.807) is 0 Å². The van der Waals surface area contributed by atoms with Gasteiger partial charge in [-0.2, -0.15) is 0 Å². The smallest absolute Gasteiger partial charge is 0.187 e. The zero-order valence-electron chi connectivity index (χ0n) is 10.3. The Morgan fingerprint density at radius 3 is 2.05 bits per heavy atom. The lowest BCUT2D eigenvalue weighted by molar-refractivity contribution is -0.362. The van der Waals surface area contributed by atoms with Crippen LogP contribution in [-0.2, 0) is 23.9 Å². The van der Waals surface area contributed by atoms with Gasteiger partial charge in [-0.15, -0.1) is 0 Å².